The van der Waals surface area contributed by atoms with E-state index in [0.717, 1.165) is 0 Å². The summed E-state index contributed by atoms with van der Waals surface area (Å²) in [5.74, 6) is -1.59. The maximum atomic E-state index is 11.7. The van der Waals surface area contributed by atoms with Gasteiger partial charge in [0.2, 0.25) is 0 Å². The second-order valence-electron chi connectivity index (χ2n) is 4.32. The van der Waals surface area contributed by atoms with Crippen molar-refractivity contribution in [1.29, 1.82) is 0 Å². The predicted molar refractivity (Wildman–Crippen MR) is 66.4 cm³/mol. The summed E-state index contributed by atoms with van der Waals surface area (Å²) < 4.78 is 1.59. The molecule has 1 rings (SSSR count). The highest BCUT2D eigenvalue weighted by Crippen LogP contribution is 2.11. The van der Waals surface area contributed by atoms with Gasteiger partial charge in [-0.1, -0.05) is 0 Å². The Balaban J connectivity index is 2.57. The zero-order valence-electron chi connectivity index (χ0n) is 10.9. The predicted octanol–water partition coefficient (Wildman–Crippen LogP) is 0.959. The van der Waals surface area contributed by atoms with Crippen LogP contribution in [0.25, 0.3) is 0 Å². The number of carboxylic acids is 1. The summed E-state index contributed by atoms with van der Waals surface area (Å²) in [6.07, 6.45) is 1.68. The van der Waals surface area contributed by atoms with Crippen molar-refractivity contribution in [3.63, 3.8) is 0 Å². The average Bonchev–Trinajstić information content (AvgIpc) is 2.55. The molecule has 1 heterocycles. The lowest BCUT2D eigenvalue weighted by Crippen LogP contribution is -2.42. The van der Waals surface area contributed by atoms with Crippen LogP contribution in [0.5, 0.6) is 0 Å². The van der Waals surface area contributed by atoms with Crippen molar-refractivity contribution in [2.24, 2.45) is 13.0 Å². The monoisotopic (exact) mass is 254 g/mol. The number of carboxylic acid groups (broad SMARTS) is 1. The number of hydrogen-bond donors (Lipinski definition) is 3. The Kier molecular flexibility index (Phi) is 4.30. The van der Waals surface area contributed by atoms with Crippen molar-refractivity contribution in [3.8, 4) is 0 Å². The SMILES string of the molecule is Cc1nn(C)cc1NC(=O)NC(C)C(C)C(=O)O. The Bertz CT molecular complexity index is 455. The fourth-order valence-corrected chi connectivity index (χ4v) is 1.43. The van der Waals surface area contributed by atoms with Crippen LogP contribution >= 0.6 is 0 Å². The fourth-order valence-electron chi connectivity index (χ4n) is 1.43. The molecular formula is C11H18N4O3. The van der Waals surface area contributed by atoms with Gasteiger partial charge in [0.25, 0.3) is 0 Å². The molecule has 0 aromatic carbocycles. The number of aliphatic carboxylic acids is 1. The van der Waals surface area contributed by atoms with E-state index in [4.69, 9.17) is 5.11 Å². The van der Waals surface area contributed by atoms with E-state index in [-0.39, 0.29) is 0 Å². The van der Waals surface area contributed by atoms with Crippen LogP contribution in [-0.2, 0) is 11.8 Å². The van der Waals surface area contributed by atoms with E-state index in [9.17, 15) is 9.59 Å². The van der Waals surface area contributed by atoms with Crippen molar-refractivity contribution in [1.82, 2.24) is 15.1 Å². The molecule has 0 bridgehead atoms. The molecule has 7 heteroatoms. The molecule has 100 valence electrons. The normalized spacial score (nSPS) is 13.8. The number of aryl methyl sites for hydroxylation is 2. The number of urea groups is 1. The number of carbonyl (C=O) groups excluding carboxylic acids is 1. The van der Waals surface area contributed by atoms with Gasteiger partial charge in [-0.25, -0.2) is 4.79 Å². The summed E-state index contributed by atoms with van der Waals surface area (Å²) in [5.41, 5.74) is 1.30. The molecule has 0 spiro atoms. The quantitative estimate of drug-likeness (QED) is 0.745. The first-order valence-electron chi connectivity index (χ1n) is 5.61. The smallest absolute Gasteiger partial charge is 0.319 e. The van der Waals surface area contributed by atoms with Crippen molar-refractivity contribution in [2.75, 3.05) is 5.32 Å². The molecule has 2 unspecified atom stereocenters. The van der Waals surface area contributed by atoms with Crippen LogP contribution in [0.1, 0.15) is 19.5 Å². The Labute approximate surface area is 105 Å². The van der Waals surface area contributed by atoms with Gasteiger partial charge in [0.05, 0.1) is 17.3 Å². The summed E-state index contributed by atoms with van der Waals surface area (Å²) >= 11 is 0. The number of aromatic nitrogens is 2. The third-order valence-electron chi connectivity index (χ3n) is 2.76. The van der Waals surface area contributed by atoms with Gasteiger partial charge in [-0.2, -0.15) is 5.10 Å². The molecular weight excluding hydrogens is 236 g/mol. The van der Waals surface area contributed by atoms with Crippen molar-refractivity contribution in [3.05, 3.63) is 11.9 Å². The molecule has 1 aromatic rings. The first-order valence-corrected chi connectivity index (χ1v) is 5.61. The minimum Gasteiger partial charge on any atom is -0.481 e. The summed E-state index contributed by atoms with van der Waals surface area (Å²) in [6.45, 7) is 4.97. The Morgan fingerprint density at radius 3 is 2.50 bits per heavy atom. The van der Waals surface area contributed by atoms with E-state index in [2.05, 4.69) is 15.7 Å². The second kappa shape index (κ2) is 5.52. The van der Waals surface area contributed by atoms with Gasteiger partial charge in [0.15, 0.2) is 0 Å². The van der Waals surface area contributed by atoms with Gasteiger partial charge < -0.3 is 15.7 Å². The van der Waals surface area contributed by atoms with Crippen LogP contribution in [0.4, 0.5) is 10.5 Å². The third-order valence-corrected chi connectivity index (χ3v) is 2.76. The molecule has 18 heavy (non-hydrogen) atoms. The van der Waals surface area contributed by atoms with Crippen molar-refractivity contribution >= 4 is 17.7 Å². The Morgan fingerprint density at radius 1 is 1.44 bits per heavy atom. The van der Waals surface area contributed by atoms with Gasteiger partial charge in [-0.15, -0.1) is 0 Å². The Hall–Kier alpha value is -2.05. The molecule has 0 saturated heterocycles. The molecule has 0 aliphatic heterocycles. The lowest BCUT2D eigenvalue weighted by molar-refractivity contribution is -0.141. The number of hydrogen-bond acceptors (Lipinski definition) is 3. The molecule has 2 amide bonds. The number of amides is 2. The number of carbonyl (C=O) groups is 2. The number of rotatable bonds is 4. The van der Waals surface area contributed by atoms with Crippen LogP contribution in [-0.4, -0.2) is 32.9 Å². The largest absolute Gasteiger partial charge is 0.481 e. The Morgan fingerprint density at radius 2 is 2.06 bits per heavy atom. The number of nitrogens with zero attached hydrogens (tertiary/aromatic N) is 2. The van der Waals surface area contributed by atoms with Crippen LogP contribution in [0, 0.1) is 12.8 Å². The fraction of sp³-hybridized carbons (Fsp3) is 0.545. The molecule has 3 N–H and O–H groups in total. The maximum Gasteiger partial charge on any atom is 0.319 e. The van der Waals surface area contributed by atoms with Crippen molar-refractivity contribution < 1.29 is 14.7 Å². The maximum absolute atomic E-state index is 11.7. The third kappa shape index (κ3) is 3.47. The minimum absolute atomic E-state index is 0.438. The van der Waals surface area contributed by atoms with E-state index >= 15 is 0 Å². The van der Waals surface area contributed by atoms with Crippen LogP contribution < -0.4 is 10.6 Å². The first-order chi connectivity index (χ1) is 8.31. The molecule has 0 aliphatic carbocycles. The van der Waals surface area contributed by atoms with E-state index in [0.29, 0.717) is 11.4 Å². The summed E-state index contributed by atoms with van der Waals surface area (Å²) in [6, 6.07) is -0.897. The van der Waals surface area contributed by atoms with E-state index in [1.54, 1.807) is 38.7 Å². The molecule has 0 radical (unpaired) electrons. The number of nitrogens with one attached hydrogen (secondary N) is 2. The summed E-state index contributed by atoms with van der Waals surface area (Å²) in [7, 11) is 1.76. The van der Waals surface area contributed by atoms with Crippen LogP contribution in [0.2, 0.25) is 0 Å². The highest BCUT2D eigenvalue weighted by atomic mass is 16.4. The summed E-state index contributed by atoms with van der Waals surface area (Å²) in [5, 5.41) is 18.1. The molecule has 0 fully saturated rings. The summed E-state index contributed by atoms with van der Waals surface area (Å²) in [4.78, 5) is 22.4. The molecule has 7 nitrogen and oxygen atoms in total. The molecule has 0 aliphatic rings. The molecule has 0 saturated carbocycles. The minimum atomic E-state index is -0.944. The lowest BCUT2D eigenvalue weighted by Gasteiger charge is -2.17. The zero-order valence-corrected chi connectivity index (χ0v) is 10.9. The number of anilines is 1. The standard InChI is InChI=1S/C11H18N4O3/c1-6(10(16)17)7(2)12-11(18)13-9-5-15(4)14-8(9)3/h5-7H,1-4H3,(H,16,17)(H2,12,13,18). The second-order valence-corrected chi connectivity index (χ2v) is 4.32. The average molecular weight is 254 g/mol. The van der Waals surface area contributed by atoms with E-state index in [1.165, 1.54) is 0 Å². The van der Waals surface area contributed by atoms with Gasteiger partial charge in [-0.05, 0) is 20.8 Å². The van der Waals surface area contributed by atoms with Gasteiger partial charge in [0, 0.05) is 19.3 Å². The van der Waals surface area contributed by atoms with E-state index < -0.39 is 24.0 Å². The van der Waals surface area contributed by atoms with Gasteiger partial charge in [0.1, 0.15) is 0 Å². The highest BCUT2D eigenvalue weighted by molar-refractivity contribution is 5.90. The lowest BCUT2D eigenvalue weighted by atomic mass is 10.0. The molecule has 2 atom stereocenters. The van der Waals surface area contributed by atoms with Crippen LogP contribution in [0.15, 0.2) is 6.20 Å². The van der Waals surface area contributed by atoms with Gasteiger partial charge >= 0.3 is 12.0 Å². The topological polar surface area (TPSA) is 96.3 Å². The highest BCUT2D eigenvalue weighted by Gasteiger charge is 2.21. The molecule has 1 aromatic heterocycles. The zero-order chi connectivity index (χ0) is 13.9. The van der Waals surface area contributed by atoms with Gasteiger partial charge in [-0.3, -0.25) is 9.48 Å². The van der Waals surface area contributed by atoms with Crippen molar-refractivity contribution in [2.45, 2.75) is 26.8 Å². The van der Waals surface area contributed by atoms with Crippen LogP contribution in [0.3, 0.4) is 0 Å². The van der Waals surface area contributed by atoms with E-state index in [1.807, 2.05) is 0 Å². The first kappa shape index (κ1) is 14.0.